The largest absolute Gasteiger partial charge is 0.480 e. The van der Waals surface area contributed by atoms with Crippen LogP contribution in [0.3, 0.4) is 0 Å². The first-order chi connectivity index (χ1) is 9.66. The molecule has 0 saturated carbocycles. The molecule has 0 aliphatic carbocycles. The van der Waals surface area contributed by atoms with Gasteiger partial charge in [-0.2, -0.15) is 21.9 Å². The molecule has 0 amide bonds. The van der Waals surface area contributed by atoms with Gasteiger partial charge < -0.3 is 9.47 Å². The van der Waals surface area contributed by atoms with E-state index in [1.54, 1.807) is 0 Å². The Morgan fingerprint density at radius 1 is 1.52 bits per heavy atom. The van der Waals surface area contributed by atoms with Crippen molar-refractivity contribution in [1.29, 1.82) is 0 Å². The zero-order valence-corrected chi connectivity index (χ0v) is 12.8. The number of ether oxygens (including phenoxy) is 2. The molecule has 0 bridgehead atoms. The standard InChI is InChI=1S/C10H13F3N2O4S2/c1-6-4-15(7(5-19-6)10(11,12)13)21(16,17)9-3-8(18-2)14-20-9/h3,6-7H,4-5H2,1-2H3. The van der Waals surface area contributed by atoms with Crippen LogP contribution in [0.15, 0.2) is 10.3 Å². The topological polar surface area (TPSA) is 68.7 Å². The molecule has 2 unspecified atom stereocenters. The Balaban J connectivity index is 2.38. The van der Waals surface area contributed by atoms with Gasteiger partial charge in [-0.3, -0.25) is 0 Å². The van der Waals surface area contributed by atoms with Crippen LogP contribution in [0, 0.1) is 0 Å². The molecular weight excluding hydrogens is 333 g/mol. The average Bonchev–Trinajstić information content (AvgIpc) is 2.86. The monoisotopic (exact) mass is 346 g/mol. The molecule has 6 nitrogen and oxygen atoms in total. The summed E-state index contributed by atoms with van der Waals surface area (Å²) in [6.07, 6.45) is -5.32. The van der Waals surface area contributed by atoms with Gasteiger partial charge in [0.05, 0.1) is 19.8 Å². The molecule has 21 heavy (non-hydrogen) atoms. The van der Waals surface area contributed by atoms with E-state index in [-0.39, 0.29) is 16.6 Å². The normalized spacial score (nSPS) is 25.0. The summed E-state index contributed by atoms with van der Waals surface area (Å²) in [6, 6.07) is -1.10. The van der Waals surface area contributed by atoms with Crippen molar-refractivity contribution in [3.63, 3.8) is 0 Å². The summed E-state index contributed by atoms with van der Waals surface area (Å²) in [6.45, 7) is 0.426. The highest BCUT2D eigenvalue weighted by Crippen LogP contribution is 2.34. The van der Waals surface area contributed by atoms with E-state index >= 15 is 0 Å². The van der Waals surface area contributed by atoms with Crippen molar-refractivity contribution in [1.82, 2.24) is 8.68 Å². The SMILES string of the molecule is COc1cc(S(=O)(=O)N2CC(C)OCC2C(F)(F)F)sn1. The Labute approximate surface area is 123 Å². The van der Waals surface area contributed by atoms with Crippen LogP contribution in [0.1, 0.15) is 6.92 Å². The molecule has 2 heterocycles. The molecule has 2 rings (SSSR count). The van der Waals surface area contributed by atoms with Crippen molar-refractivity contribution in [2.75, 3.05) is 20.3 Å². The van der Waals surface area contributed by atoms with Crippen LogP contribution in [0.25, 0.3) is 0 Å². The first kappa shape index (κ1) is 16.5. The maximum atomic E-state index is 13.0. The molecule has 1 aromatic rings. The molecular formula is C10H13F3N2O4S2. The van der Waals surface area contributed by atoms with Gasteiger partial charge in [-0.15, -0.1) is 0 Å². The van der Waals surface area contributed by atoms with E-state index in [2.05, 4.69) is 4.37 Å². The van der Waals surface area contributed by atoms with E-state index in [1.807, 2.05) is 0 Å². The van der Waals surface area contributed by atoms with Gasteiger partial charge in [-0.25, -0.2) is 8.42 Å². The summed E-state index contributed by atoms with van der Waals surface area (Å²) < 4.78 is 77.4. The Morgan fingerprint density at radius 2 is 2.19 bits per heavy atom. The third-order valence-electron chi connectivity index (χ3n) is 2.94. The van der Waals surface area contributed by atoms with E-state index in [9.17, 15) is 21.6 Å². The maximum absolute atomic E-state index is 13.0. The second-order valence-electron chi connectivity index (χ2n) is 4.46. The van der Waals surface area contributed by atoms with Crippen molar-refractivity contribution >= 4 is 21.6 Å². The smallest absolute Gasteiger partial charge is 0.407 e. The number of methoxy groups -OCH3 is 1. The Morgan fingerprint density at radius 3 is 2.71 bits per heavy atom. The number of rotatable bonds is 3. The molecule has 1 aromatic heterocycles. The number of morpholine rings is 1. The molecule has 1 aliphatic rings. The van der Waals surface area contributed by atoms with Crippen molar-refractivity contribution in [2.45, 2.75) is 29.5 Å². The fourth-order valence-electron chi connectivity index (χ4n) is 1.87. The minimum absolute atomic E-state index is 0.0449. The van der Waals surface area contributed by atoms with Crippen molar-refractivity contribution in [3.05, 3.63) is 6.07 Å². The van der Waals surface area contributed by atoms with Crippen LogP contribution in [0.2, 0.25) is 0 Å². The Kier molecular flexibility index (Phi) is 4.47. The van der Waals surface area contributed by atoms with E-state index in [0.29, 0.717) is 15.8 Å². The zero-order chi connectivity index (χ0) is 15.8. The van der Waals surface area contributed by atoms with Crippen LogP contribution in [0.4, 0.5) is 13.2 Å². The number of hydrogen-bond donors (Lipinski definition) is 0. The Bertz CT molecular complexity index is 602. The van der Waals surface area contributed by atoms with Crippen LogP contribution in [-0.4, -0.2) is 55.7 Å². The van der Waals surface area contributed by atoms with Crippen LogP contribution >= 0.6 is 11.5 Å². The first-order valence-electron chi connectivity index (χ1n) is 5.87. The van der Waals surface area contributed by atoms with E-state index in [4.69, 9.17) is 9.47 Å². The van der Waals surface area contributed by atoms with Gasteiger partial charge in [0.25, 0.3) is 10.0 Å². The maximum Gasteiger partial charge on any atom is 0.407 e. The van der Waals surface area contributed by atoms with Gasteiger partial charge in [0.2, 0.25) is 5.88 Å². The summed E-state index contributed by atoms with van der Waals surface area (Å²) in [4.78, 5) is 0. The quantitative estimate of drug-likeness (QED) is 0.829. The lowest BCUT2D eigenvalue weighted by Crippen LogP contribution is -2.57. The second-order valence-corrected chi connectivity index (χ2v) is 7.39. The molecule has 0 spiro atoms. The van der Waals surface area contributed by atoms with Crippen molar-refractivity contribution in [2.24, 2.45) is 0 Å². The van der Waals surface area contributed by atoms with Gasteiger partial charge in [-0.05, 0) is 18.5 Å². The molecule has 120 valence electrons. The van der Waals surface area contributed by atoms with Gasteiger partial charge in [-0.1, -0.05) is 0 Å². The number of nitrogens with zero attached hydrogens (tertiary/aromatic N) is 2. The number of sulfonamides is 1. The van der Waals surface area contributed by atoms with Gasteiger partial charge in [0.15, 0.2) is 4.21 Å². The summed E-state index contributed by atoms with van der Waals surface area (Å²) >= 11 is 0.576. The minimum atomic E-state index is -4.71. The second kappa shape index (κ2) is 5.71. The predicted octanol–water partition coefficient (Wildman–Crippen LogP) is 1.49. The molecule has 1 fully saturated rings. The highest BCUT2D eigenvalue weighted by molar-refractivity contribution is 7.91. The molecule has 1 saturated heterocycles. The number of alkyl halides is 3. The highest BCUT2D eigenvalue weighted by atomic mass is 32.2. The molecule has 0 N–H and O–H groups in total. The molecule has 0 radical (unpaired) electrons. The van der Waals surface area contributed by atoms with Crippen LogP contribution in [0.5, 0.6) is 5.88 Å². The fraction of sp³-hybridized carbons (Fsp3) is 0.700. The zero-order valence-electron chi connectivity index (χ0n) is 11.1. The lowest BCUT2D eigenvalue weighted by Gasteiger charge is -2.37. The predicted molar refractivity (Wildman–Crippen MR) is 67.8 cm³/mol. The summed E-state index contributed by atoms with van der Waals surface area (Å²) in [5, 5.41) is 0. The van der Waals surface area contributed by atoms with Crippen molar-refractivity contribution in [3.8, 4) is 5.88 Å². The van der Waals surface area contributed by atoms with E-state index < -0.39 is 35.0 Å². The summed E-state index contributed by atoms with van der Waals surface area (Å²) in [5.74, 6) is 0.0449. The molecule has 11 heteroatoms. The summed E-state index contributed by atoms with van der Waals surface area (Å²) in [5.41, 5.74) is 0. The lowest BCUT2D eigenvalue weighted by molar-refractivity contribution is -0.204. The third-order valence-corrected chi connectivity index (χ3v) is 6.01. The number of hydrogen-bond acceptors (Lipinski definition) is 6. The van der Waals surface area contributed by atoms with Gasteiger partial charge in [0, 0.05) is 12.6 Å². The summed E-state index contributed by atoms with van der Waals surface area (Å²) in [7, 11) is -3.01. The third kappa shape index (κ3) is 3.30. The average molecular weight is 346 g/mol. The van der Waals surface area contributed by atoms with Gasteiger partial charge >= 0.3 is 6.18 Å². The van der Waals surface area contributed by atoms with Crippen molar-refractivity contribution < 1.29 is 31.1 Å². The van der Waals surface area contributed by atoms with Gasteiger partial charge in [0.1, 0.15) is 6.04 Å². The molecule has 2 atom stereocenters. The van der Waals surface area contributed by atoms with Crippen LogP contribution < -0.4 is 4.74 Å². The number of aromatic nitrogens is 1. The van der Waals surface area contributed by atoms with E-state index in [0.717, 1.165) is 6.07 Å². The highest BCUT2D eigenvalue weighted by Gasteiger charge is 2.51. The van der Waals surface area contributed by atoms with Crippen LogP contribution in [-0.2, 0) is 14.8 Å². The number of halogens is 3. The fourth-order valence-corrected chi connectivity index (χ4v) is 4.51. The lowest BCUT2D eigenvalue weighted by atomic mass is 10.2. The minimum Gasteiger partial charge on any atom is -0.480 e. The van der Waals surface area contributed by atoms with E-state index in [1.165, 1.54) is 14.0 Å². The molecule has 0 aromatic carbocycles. The Hall–Kier alpha value is -0.910. The molecule has 1 aliphatic heterocycles. The first-order valence-corrected chi connectivity index (χ1v) is 8.08.